The maximum atomic E-state index is 14.5. The minimum atomic E-state index is -1.07. The molecule has 0 unspecified atom stereocenters. The standard InChI is InChI=1S/C36H54N2O12/c1-18(2)42-31(40)22(17-24-26-28(32(41-10)43-24)48-35(6,7)46-26)38-30(39)21(37-19(3)20-14-12-11-13-15-20)16-23-25-27(47-34(4,5)45-25)29-33(44-23)50-36(8,9)49-29/h11-15,18-19,21-29,32-33,37H,16-17H2,1-10H3,(H,38,39)/t19-,21-,22-,23+,24+,25-,26-,27-,28-,29+,32-,33+/m0/s1. The molecule has 0 spiro atoms. The lowest BCUT2D eigenvalue weighted by Gasteiger charge is -2.39. The topological polar surface area (TPSA) is 150 Å². The number of methoxy groups -OCH3 is 1. The summed E-state index contributed by atoms with van der Waals surface area (Å²) in [6.45, 7) is 16.5. The largest absolute Gasteiger partial charge is 0.461 e. The molecule has 1 aromatic rings. The normalized spacial score (nSPS) is 36.7. The Labute approximate surface area is 294 Å². The van der Waals surface area contributed by atoms with Crippen molar-refractivity contribution in [3.63, 3.8) is 0 Å². The zero-order chi connectivity index (χ0) is 36.2. The van der Waals surface area contributed by atoms with Crippen LogP contribution in [0, 0.1) is 0 Å². The van der Waals surface area contributed by atoms with Gasteiger partial charge in [-0.2, -0.15) is 0 Å². The Morgan fingerprint density at radius 2 is 1.26 bits per heavy atom. The Morgan fingerprint density at radius 3 is 1.90 bits per heavy atom. The number of hydrogen-bond donors (Lipinski definition) is 2. The second-order valence-corrected chi connectivity index (χ2v) is 15.4. The highest BCUT2D eigenvalue weighted by molar-refractivity contribution is 5.87. The molecule has 5 fully saturated rings. The first kappa shape index (κ1) is 37.5. The zero-order valence-corrected chi connectivity index (χ0v) is 30.7. The van der Waals surface area contributed by atoms with Crippen molar-refractivity contribution in [3.8, 4) is 0 Å². The molecule has 0 radical (unpaired) electrons. The van der Waals surface area contributed by atoms with Gasteiger partial charge in [-0.1, -0.05) is 30.3 Å². The molecule has 14 heteroatoms. The summed E-state index contributed by atoms with van der Waals surface area (Å²) in [5.41, 5.74) is 0.983. The van der Waals surface area contributed by atoms with Gasteiger partial charge in [0.25, 0.3) is 0 Å². The Kier molecular flexibility index (Phi) is 10.7. The van der Waals surface area contributed by atoms with Crippen molar-refractivity contribution in [1.82, 2.24) is 10.6 Å². The van der Waals surface area contributed by atoms with Gasteiger partial charge in [0.2, 0.25) is 5.91 Å². The highest BCUT2D eigenvalue weighted by atomic mass is 16.9. The Hall–Kier alpha value is -2.24. The van der Waals surface area contributed by atoms with Gasteiger partial charge in [0, 0.05) is 26.0 Å². The molecule has 2 N–H and O–H groups in total. The first-order valence-electron chi connectivity index (χ1n) is 17.7. The molecule has 5 heterocycles. The van der Waals surface area contributed by atoms with Crippen molar-refractivity contribution in [2.24, 2.45) is 0 Å². The van der Waals surface area contributed by atoms with Crippen molar-refractivity contribution in [2.75, 3.05) is 7.11 Å². The fourth-order valence-electron chi connectivity index (χ4n) is 7.56. The van der Waals surface area contributed by atoms with Crippen molar-refractivity contribution >= 4 is 11.9 Å². The SMILES string of the molecule is CO[C@H]1O[C@H](C[C@H](NC(=O)[C@H](C[C@H]2O[C@@H]3OC(C)(C)O[C@@H]3[C@H]3OC(C)(C)O[C@H]32)N[C@@H](C)c2ccccc2)C(=O)OC(C)C)[C@@H]2OC(C)(C)O[C@H]12. The minimum absolute atomic E-state index is 0.0680. The first-order valence-corrected chi connectivity index (χ1v) is 17.7. The van der Waals surface area contributed by atoms with Crippen LogP contribution in [0.1, 0.15) is 86.8 Å². The number of hydrogen-bond acceptors (Lipinski definition) is 13. The third-order valence-electron chi connectivity index (χ3n) is 9.55. The molecule has 50 heavy (non-hydrogen) atoms. The summed E-state index contributed by atoms with van der Waals surface area (Å²) in [5.74, 6) is -3.68. The highest BCUT2D eigenvalue weighted by Gasteiger charge is 2.61. The van der Waals surface area contributed by atoms with Crippen LogP contribution in [0.2, 0.25) is 0 Å². The molecular weight excluding hydrogens is 652 g/mol. The number of carbonyl (C=O) groups is 2. The van der Waals surface area contributed by atoms with E-state index in [-0.39, 0.29) is 18.9 Å². The molecule has 5 saturated heterocycles. The lowest BCUT2D eigenvalue weighted by Crippen LogP contribution is -2.58. The quantitative estimate of drug-likeness (QED) is 0.307. The summed E-state index contributed by atoms with van der Waals surface area (Å²) in [4.78, 5) is 28.1. The fraction of sp³-hybridized carbons (Fsp3) is 0.778. The molecule has 280 valence electrons. The zero-order valence-electron chi connectivity index (χ0n) is 30.7. The molecule has 12 atom stereocenters. The Morgan fingerprint density at radius 1 is 0.720 bits per heavy atom. The number of esters is 1. The Bertz CT molecular complexity index is 1360. The first-order chi connectivity index (χ1) is 23.4. The van der Waals surface area contributed by atoms with Crippen LogP contribution in [-0.2, 0) is 57.0 Å². The van der Waals surface area contributed by atoms with E-state index in [1.807, 2.05) is 78.8 Å². The van der Waals surface area contributed by atoms with Crippen LogP contribution in [0.15, 0.2) is 30.3 Å². The number of rotatable bonds is 12. The molecule has 1 amide bonds. The number of nitrogens with one attached hydrogen (secondary N) is 2. The summed E-state index contributed by atoms with van der Waals surface area (Å²) in [7, 11) is 1.53. The van der Waals surface area contributed by atoms with Crippen LogP contribution in [0.4, 0.5) is 0 Å². The number of amides is 1. The Balaban J connectivity index is 1.25. The van der Waals surface area contributed by atoms with Crippen molar-refractivity contribution in [3.05, 3.63) is 35.9 Å². The van der Waals surface area contributed by atoms with Crippen LogP contribution >= 0.6 is 0 Å². The monoisotopic (exact) mass is 706 g/mol. The van der Waals surface area contributed by atoms with Crippen LogP contribution < -0.4 is 10.6 Å². The van der Waals surface area contributed by atoms with Gasteiger partial charge in [-0.05, 0) is 67.9 Å². The summed E-state index contributed by atoms with van der Waals surface area (Å²) in [6, 6.07) is 7.63. The van der Waals surface area contributed by atoms with Crippen molar-refractivity contribution in [2.45, 2.75) is 172 Å². The summed E-state index contributed by atoms with van der Waals surface area (Å²) >= 11 is 0. The molecule has 1 aromatic carbocycles. The summed E-state index contributed by atoms with van der Waals surface area (Å²) < 4.78 is 61.0. The van der Waals surface area contributed by atoms with Gasteiger partial charge >= 0.3 is 5.97 Å². The maximum Gasteiger partial charge on any atom is 0.328 e. The van der Waals surface area contributed by atoms with Gasteiger partial charge < -0.3 is 52.7 Å². The number of carbonyl (C=O) groups excluding carboxylic acids is 2. The maximum absolute atomic E-state index is 14.5. The molecule has 5 aliphatic heterocycles. The van der Waals surface area contributed by atoms with E-state index in [0.29, 0.717) is 0 Å². The molecule has 0 aromatic heterocycles. The van der Waals surface area contributed by atoms with E-state index >= 15 is 0 Å². The second-order valence-electron chi connectivity index (χ2n) is 15.4. The average Bonchev–Trinajstić information content (AvgIpc) is 3.73. The predicted molar refractivity (Wildman–Crippen MR) is 176 cm³/mol. The minimum Gasteiger partial charge on any atom is -0.461 e. The van der Waals surface area contributed by atoms with Crippen LogP contribution in [0.25, 0.3) is 0 Å². The molecule has 6 rings (SSSR count). The third-order valence-corrected chi connectivity index (χ3v) is 9.55. The molecule has 5 aliphatic rings. The number of fused-ring (bicyclic) bond motifs is 4. The van der Waals surface area contributed by atoms with E-state index in [4.69, 9.17) is 47.4 Å². The van der Waals surface area contributed by atoms with Crippen LogP contribution in [-0.4, -0.2) is 110 Å². The lowest BCUT2D eigenvalue weighted by atomic mass is 9.93. The summed E-state index contributed by atoms with van der Waals surface area (Å²) in [5, 5.41) is 6.48. The highest BCUT2D eigenvalue weighted by Crippen LogP contribution is 2.45. The van der Waals surface area contributed by atoms with Crippen LogP contribution in [0.3, 0.4) is 0 Å². The molecule has 0 bridgehead atoms. The lowest BCUT2D eigenvalue weighted by molar-refractivity contribution is -0.236. The van der Waals surface area contributed by atoms with E-state index in [1.165, 1.54) is 7.11 Å². The fourth-order valence-corrected chi connectivity index (χ4v) is 7.56. The van der Waals surface area contributed by atoms with Crippen molar-refractivity contribution in [1.29, 1.82) is 0 Å². The van der Waals surface area contributed by atoms with E-state index < -0.39 is 103 Å². The van der Waals surface area contributed by atoms with Gasteiger partial charge in [0.15, 0.2) is 29.9 Å². The van der Waals surface area contributed by atoms with Gasteiger partial charge in [0.05, 0.1) is 24.4 Å². The van der Waals surface area contributed by atoms with Gasteiger partial charge in [0.1, 0.15) is 36.6 Å². The van der Waals surface area contributed by atoms with Crippen LogP contribution in [0.5, 0.6) is 0 Å². The van der Waals surface area contributed by atoms with Crippen molar-refractivity contribution < 1.29 is 57.0 Å². The molecule has 0 aliphatic carbocycles. The third kappa shape index (κ3) is 8.20. The predicted octanol–water partition coefficient (Wildman–Crippen LogP) is 3.21. The van der Waals surface area contributed by atoms with Gasteiger partial charge in [-0.15, -0.1) is 0 Å². The van der Waals surface area contributed by atoms with E-state index in [2.05, 4.69) is 10.6 Å². The van der Waals surface area contributed by atoms with Gasteiger partial charge in [-0.25, -0.2) is 4.79 Å². The average molecular weight is 707 g/mol. The van der Waals surface area contributed by atoms with E-state index in [0.717, 1.165) is 5.56 Å². The summed E-state index contributed by atoms with van der Waals surface area (Å²) in [6.07, 6.45) is -5.41. The number of ether oxygens (including phenoxy) is 10. The van der Waals surface area contributed by atoms with E-state index in [9.17, 15) is 9.59 Å². The number of benzene rings is 1. The molecule has 14 nitrogen and oxygen atoms in total. The van der Waals surface area contributed by atoms with E-state index in [1.54, 1.807) is 13.8 Å². The van der Waals surface area contributed by atoms with Gasteiger partial charge in [-0.3, -0.25) is 10.1 Å². The molecule has 0 saturated carbocycles. The second kappa shape index (κ2) is 14.3. The molecular formula is C36H54N2O12. The smallest absolute Gasteiger partial charge is 0.328 e.